The monoisotopic (exact) mass is 318 g/mol. The molecule has 0 heterocycles. The van der Waals surface area contributed by atoms with Gasteiger partial charge in [-0.1, -0.05) is 38.4 Å². The lowest BCUT2D eigenvalue weighted by molar-refractivity contribution is 0.140. The van der Waals surface area contributed by atoms with Gasteiger partial charge in [0.2, 0.25) is 0 Å². The Hall–Kier alpha value is -0.423. The lowest BCUT2D eigenvalue weighted by Gasteiger charge is -2.39. The third-order valence-corrected chi connectivity index (χ3v) is 8.74. The second-order valence-corrected chi connectivity index (χ2v) is 11.7. The van der Waals surface area contributed by atoms with E-state index in [0.717, 1.165) is 5.56 Å². The van der Waals surface area contributed by atoms with Crippen LogP contribution in [-0.2, 0) is 4.43 Å². The summed E-state index contributed by atoms with van der Waals surface area (Å²) in [6.45, 7) is 10.7. The smallest absolute Gasteiger partial charge is 0.192 e. The van der Waals surface area contributed by atoms with E-state index in [2.05, 4.69) is 33.9 Å². The lowest BCUT2D eigenvalue weighted by Crippen LogP contribution is -2.42. The highest BCUT2D eigenvalue weighted by molar-refractivity contribution is 6.74. The molecule has 0 saturated carbocycles. The van der Waals surface area contributed by atoms with E-state index in [1.165, 1.54) is 12.1 Å². The van der Waals surface area contributed by atoms with Gasteiger partial charge in [-0.3, -0.25) is 0 Å². The molecule has 0 aliphatic rings. The van der Waals surface area contributed by atoms with E-state index in [0.29, 0.717) is 6.42 Å². The van der Waals surface area contributed by atoms with Gasteiger partial charge in [0.05, 0.1) is 11.1 Å². The number of hydrogen-bond donors (Lipinski definition) is 1. The number of benzene rings is 1. The molecule has 0 aromatic heterocycles. The molecule has 114 valence electrons. The zero-order chi connectivity index (χ0) is 15.6. The second-order valence-electron chi connectivity index (χ2n) is 6.55. The first-order valence-electron chi connectivity index (χ1n) is 6.82. The molecular formula is C15H24ClFO2Si. The number of aliphatic hydroxyl groups excluding tert-OH is 1. The maximum Gasteiger partial charge on any atom is 0.192 e. The molecule has 5 heteroatoms. The third-order valence-electron chi connectivity index (χ3n) is 3.95. The van der Waals surface area contributed by atoms with Crippen molar-refractivity contribution in [2.45, 2.75) is 51.4 Å². The second kappa shape index (κ2) is 6.56. The normalized spacial score (nSPS) is 14.4. The maximum absolute atomic E-state index is 13.6. The molecule has 1 aromatic rings. The Balaban J connectivity index is 3.03. The summed E-state index contributed by atoms with van der Waals surface area (Å²) in [5.74, 6) is -0.453. The van der Waals surface area contributed by atoms with Gasteiger partial charge < -0.3 is 9.53 Å². The largest absolute Gasteiger partial charge is 0.410 e. The molecule has 0 aliphatic carbocycles. The van der Waals surface area contributed by atoms with Crippen LogP contribution < -0.4 is 0 Å². The van der Waals surface area contributed by atoms with Crippen LogP contribution in [0.25, 0.3) is 0 Å². The van der Waals surface area contributed by atoms with Gasteiger partial charge in [0, 0.05) is 6.61 Å². The minimum atomic E-state index is -1.99. The van der Waals surface area contributed by atoms with Gasteiger partial charge in [-0.2, -0.15) is 0 Å². The van der Waals surface area contributed by atoms with Gasteiger partial charge in [-0.05, 0) is 42.2 Å². The Bertz CT molecular complexity index is 458. The first-order chi connectivity index (χ1) is 9.08. The number of halogens is 2. The van der Waals surface area contributed by atoms with Crippen LogP contribution in [0.4, 0.5) is 4.39 Å². The Morgan fingerprint density at radius 1 is 1.35 bits per heavy atom. The fourth-order valence-electron chi connectivity index (χ4n) is 1.66. The first-order valence-corrected chi connectivity index (χ1v) is 10.1. The highest BCUT2D eigenvalue weighted by Gasteiger charge is 2.39. The predicted molar refractivity (Wildman–Crippen MR) is 84.1 cm³/mol. The third kappa shape index (κ3) is 4.28. The van der Waals surface area contributed by atoms with Crippen molar-refractivity contribution in [1.29, 1.82) is 0 Å². The standard InChI is InChI=1S/C15H24ClFO2Si/c1-15(2,3)20(4,5)19-14(8-9-18)11-6-7-12(16)13(17)10-11/h6-7,10,14,18H,8-9H2,1-5H3/t14-/m0/s1. The summed E-state index contributed by atoms with van der Waals surface area (Å²) in [6, 6.07) is 4.69. The Labute approximate surface area is 127 Å². The van der Waals surface area contributed by atoms with Crippen molar-refractivity contribution >= 4 is 19.9 Å². The minimum absolute atomic E-state index is 0.00351. The molecule has 2 nitrogen and oxygen atoms in total. The molecule has 1 atom stereocenters. The molecule has 0 fully saturated rings. The van der Waals surface area contributed by atoms with Crippen molar-refractivity contribution in [2.75, 3.05) is 6.61 Å². The van der Waals surface area contributed by atoms with Gasteiger partial charge in [0.15, 0.2) is 8.32 Å². The molecule has 0 spiro atoms. The van der Waals surface area contributed by atoms with E-state index >= 15 is 0 Å². The first kappa shape index (κ1) is 17.6. The molecule has 0 saturated heterocycles. The van der Waals surface area contributed by atoms with E-state index in [1.54, 1.807) is 6.07 Å². The fraction of sp³-hybridized carbons (Fsp3) is 0.600. The summed E-state index contributed by atoms with van der Waals surface area (Å²) >= 11 is 5.71. The van der Waals surface area contributed by atoms with Crippen molar-refractivity contribution < 1.29 is 13.9 Å². The Morgan fingerprint density at radius 2 is 1.95 bits per heavy atom. The van der Waals surface area contributed by atoms with Crippen LogP contribution in [0.15, 0.2) is 18.2 Å². The molecule has 20 heavy (non-hydrogen) atoms. The average Bonchev–Trinajstić information content (AvgIpc) is 2.30. The lowest BCUT2D eigenvalue weighted by atomic mass is 10.1. The summed E-state index contributed by atoms with van der Waals surface area (Å²) in [7, 11) is -1.99. The SMILES string of the molecule is CC(C)(C)[Si](C)(C)O[C@@H](CCO)c1ccc(Cl)c(F)c1. The highest BCUT2D eigenvalue weighted by atomic mass is 35.5. The van der Waals surface area contributed by atoms with E-state index in [-0.39, 0.29) is 22.8 Å². The van der Waals surface area contributed by atoms with Crippen LogP contribution in [0.2, 0.25) is 23.2 Å². The summed E-state index contributed by atoms with van der Waals surface area (Å²) < 4.78 is 19.9. The zero-order valence-corrected chi connectivity index (χ0v) is 14.6. The van der Waals surface area contributed by atoms with Crippen LogP contribution in [0.5, 0.6) is 0 Å². The van der Waals surface area contributed by atoms with Crippen LogP contribution in [0.3, 0.4) is 0 Å². The predicted octanol–water partition coefficient (Wildman–Crippen LogP) is 4.92. The molecule has 0 amide bonds. The topological polar surface area (TPSA) is 29.5 Å². The van der Waals surface area contributed by atoms with E-state index in [1.807, 2.05) is 0 Å². The van der Waals surface area contributed by atoms with Gasteiger partial charge in [0.25, 0.3) is 0 Å². The quantitative estimate of drug-likeness (QED) is 0.780. The Morgan fingerprint density at radius 3 is 2.40 bits per heavy atom. The Kier molecular flexibility index (Phi) is 5.78. The summed E-state index contributed by atoms with van der Waals surface area (Å²) in [5, 5.41) is 9.40. The summed E-state index contributed by atoms with van der Waals surface area (Å²) in [5.41, 5.74) is 0.728. The maximum atomic E-state index is 13.6. The number of aliphatic hydroxyl groups is 1. The van der Waals surface area contributed by atoms with Crippen LogP contribution in [0, 0.1) is 5.82 Å². The molecule has 1 aromatic carbocycles. The van der Waals surface area contributed by atoms with Gasteiger partial charge in [-0.15, -0.1) is 0 Å². The zero-order valence-electron chi connectivity index (χ0n) is 12.8. The number of hydrogen-bond acceptors (Lipinski definition) is 2. The van der Waals surface area contributed by atoms with Crippen molar-refractivity contribution in [2.24, 2.45) is 0 Å². The molecule has 1 N–H and O–H groups in total. The highest BCUT2D eigenvalue weighted by Crippen LogP contribution is 2.40. The van der Waals surface area contributed by atoms with Crippen LogP contribution >= 0.6 is 11.6 Å². The van der Waals surface area contributed by atoms with Crippen molar-refractivity contribution in [3.8, 4) is 0 Å². The van der Waals surface area contributed by atoms with Crippen molar-refractivity contribution in [1.82, 2.24) is 0 Å². The van der Waals surface area contributed by atoms with E-state index in [4.69, 9.17) is 16.0 Å². The molecule has 0 radical (unpaired) electrons. The minimum Gasteiger partial charge on any atom is -0.410 e. The summed E-state index contributed by atoms with van der Waals surface area (Å²) in [6.07, 6.45) is 0.154. The molecular weight excluding hydrogens is 295 g/mol. The van der Waals surface area contributed by atoms with Crippen LogP contribution in [0.1, 0.15) is 38.9 Å². The molecule has 0 unspecified atom stereocenters. The van der Waals surface area contributed by atoms with Crippen molar-refractivity contribution in [3.63, 3.8) is 0 Å². The average molecular weight is 319 g/mol. The molecule has 0 bridgehead atoms. The molecule has 1 rings (SSSR count). The van der Waals surface area contributed by atoms with Crippen molar-refractivity contribution in [3.05, 3.63) is 34.6 Å². The van der Waals surface area contributed by atoms with E-state index < -0.39 is 14.1 Å². The van der Waals surface area contributed by atoms with E-state index in [9.17, 15) is 9.50 Å². The molecule has 0 aliphatic heterocycles. The van der Waals surface area contributed by atoms with Gasteiger partial charge >= 0.3 is 0 Å². The van der Waals surface area contributed by atoms with Crippen LogP contribution in [-0.4, -0.2) is 20.0 Å². The fourth-order valence-corrected chi connectivity index (χ4v) is 3.09. The summed E-state index contributed by atoms with van der Waals surface area (Å²) in [4.78, 5) is 0. The van der Waals surface area contributed by atoms with Gasteiger partial charge in [0.1, 0.15) is 5.82 Å². The van der Waals surface area contributed by atoms with Gasteiger partial charge in [-0.25, -0.2) is 4.39 Å². The number of rotatable bonds is 5.